The number of carbonyl (C=O) groups is 1. The molecule has 0 aliphatic heterocycles. The summed E-state index contributed by atoms with van der Waals surface area (Å²) in [6.45, 7) is 6.39. The Balaban J connectivity index is 1.94. The van der Waals surface area contributed by atoms with E-state index in [-0.39, 0.29) is 5.91 Å². The van der Waals surface area contributed by atoms with Crippen LogP contribution in [0.25, 0.3) is 0 Å². The van der Waals surface area contributed by atoms with E-state index in [1.54, 1.807) is 12.3 Å². The normalized spacial score (nSPS) is 10.4. The molecule has 1 aromatic carbocycles. The first-order chi connectivity index (χ1) is 11.7. The number of nitrogens with zero attached hydrogens (tertiary/aromatic N) is 2. The van der Waals surface area contributed by atoms with Gasteiger partial charge in [-0.2, -0.15) is 0 Å². The lowest BCUT2D eigenvalue weighted by Gasteiger charge is -2.20. The summed E-state index contributed by atoms with van der Waals surface area (Å²) in [7, 11) is 0. The van der Waals surface area contributed by atoms with E-state index >= 15 is 0 Å². The fourth-order valence-corrected chi connectivity index (χ4v) is 2.53. The lowest BCUT2D eigenvalue weighted by Crippen LogP contribution is -2.30. The van der Waals surface area contributed by atoms with E-state index < -0.39 is 0 Å². The second-order valence-corrected chi connectivity index (χ2v) is 5.87. The first kappa shape index (κ1) is 18.0. The Morgan fingerprint density at radius 2 is 1.88 bits per heavy atom. The van der Waals surface area contributed by atoms with E-state index in [0.717, 1.165) is 24.2 Å². The van der Waals surface area contributed by atoms with Gasteiger partial charge in [-0.25, -0.2) is 4.98 Å². The van der Waals surface area contributed by atoms with E-state index in [2.05, 4.69) is 17.2 Å². The lowest BCUT2D eigenvalue weighted by molar-refractivity contribution is 0.0746. The summed E-state index contributed by atoms with van der Waals surface area (Å²) < 4.78 is 0. The summed E-state index contributed by atoms with van der Waals surface area (Å²) >= 11 is 0. The van der Waals surface area contributed by atoms with Crippen molar-refractivity contribution in [2.75, 3.05) is 18.4 Å². The van der Waals surface area contributed by atoms with Crippen LogP contribution in [0.3, 0.4) is 0 Å². The highest BCUT2D eigenvalue weighted by Crippen LogP contribution is 2.11. The minimum Gasteiger partial charge on any atom is -0.384 e. The van der Waals surface area contributed by atoms with Crippen molar-refractivity contribution < 1.29 is 4.79 Å². The van der Waals surface area contributed by atoms with Crippen LogP contribution in [0.2, 0.25) is 0 Å². The molecule has 1 heterocycles. The van der Waals surface area contributed by atoms with Gasteiger partial charge in [-0.1, -0.05) is 50.1 Å². The van der Waals surface area contributed by atoms with Crippen LogP contribution in [0.1, 0.15) is 49.2 Å². The average molecular weight is 325 g/mol. The number of rotatable bonds is 9. The van der Waals surface area contributed by atoms with Crippen LogP contribution in [-0.2, 0) is 6.54 Å². The minimum absolute atomic E-state index is 0.0288. The molecule has 1 amide bonds. The van der Waals surface area contributed by atoms with Crippen LogP contribution in [0.4, 0.5) is 5.69 Å². The molecule has 0 atom stereocenters. The van der Waals surface area contributed by atoms with Gasteiger partial charge in [0.15, 0.2) is 0 Å². The molecule has 0 saturated heterocycles. The summed E-state index contributed by atoms with van der Waals surface area (Å²) in [5, 5.41) is 3.34. The third-order valence-electron chi connectivity index (χ3n) is 3.98. The second kappa shape index (κ2) is 9.71. The molecule has 0 radical (unpaired) electrons. The zero-order valence-corrected chi connectivity index (χ0v) is 14.7. The minimum atomic E-state index is -0.0288. The topological polar surface area (TPSA) is 45.2 Å². The molecule has 0 aliphatic rings. The molecule has 0 aliphatic carbocycles. The molecule has 1 aromatic heterocycles. The number of hydrogen-bond acceptors (Lipinski definition) is 3. The van der Waals surface area contributed by atoms with Gasteiger partial charge in [0, 0.05) is 19.6 Å². The molecule has 4 heteroatoms. The number of anilines is 1. The SMILES string of the molecule is CCCCCNc1ccc(C(=O)N(CC)Cc2ccccc2)nc1. The van der Waals surface area contributed by atoms with Crippen molar-refractivity contribution in [3.8, 4) is 0 Å². The highest BCUT2D eigenvalue weighted by Gasteiger charge is 2.15. The van der Waals surface area contributed by atoms with Gasteiger partial charge in [-0.05, 0) is 31.0 Å². The maximum Gasteiger partial charge on any atom is 0.272 e. The number of amides is 1. The number of carbonyl (C=O) groups excluding carboxylic acids is 1. The lowest BCUT2D eigenvalue weighted by atomic mass is 10.2. The number of unbranched alkanes of at least 4 members (excludes halogenated alkanes) is 2. The van der Waals surface area contributed by atoms with Crippen LogP contribution < -0.4 is 5.32 Å². The number of aromatic nitrogens is 1. The molecule has 0 spiro atoms. The fraction of sp³-hybridized carbons (Fsp3) is 0.400. The van der Waals surface area contributed by atoms with Crippen LogP contribution in [0, 0.1) is 0 Å². The standard InChI is InChI=1S/C20H27N3O/c1-3-5-9-14-21-18-12-13-19(22-15-18)20(24)23(4-2)16-17-10-7-6-8-11-17/h6-8,10-13,15,21H,3-5,9,14,16H2,1-2H3. The molecule has 1 N–H and O–H groups in total. The Bertz CT molecular complexity index is 611. The van der Waals surface area contributed by atoms with Crippen LogP contribution in [0.5, 0.6) is 0 Å². The smallest absolute Gasteiger partial charge is 0.272 e. The van der Waals surface area contributed by atoms with Gasteiger partial charge < -0.3 is 10.2 Å². The predicted molar refractivity (Wildman–Crippen MR) is 99.1 cm³/mol. The van der Waals surface area contributed by atoms with Crippen molar-refractivity contribution in [3.05, 3.63) is 59.9 Å². The summed E-state index contributed by atoms with van der Waals surface area (Å²) in [5.74, 6) is -0.0288. The maximum atomic E-state index is 12.6. The van der Waals surface area contributed by atoms with Crippen molar-refractivity contribution >= 4 is 11.6 Å². The molecule has 0 fully saturated rings. The van der Waals surface area contributed by atoms with Gasteiger partial charge in [-0.3, -0.25) is 4.79 Å². The van der Waals surface area contributed by atoms with E-state index in [9.17, 15) is 4.79 Å². The molecule has 0 bridgehead atoms. The summed E-state index contributed by atoms with van der Waals surface area (Å²) in [6.07, 6.45) is 5.33. The van der Waals surface area contributed by atoms with Gasteiger partial charge >= 0.3 is 0 Å². The summed E-state index contributed by atoms with van der Waals surface area (Å²) in [5.41, 5.74) is 2.59. The number of benzene rings is 1. The molecule has 2 rings (SSSR count). The van der Waals surface area contributed by atoms with Crippen molar-refractivity contribution in [2.45, 2.75) is 39.7 Å². The van der Waals surface area contributed by atoms with Crippen molar-refractivity contribution in [1.29, 1.82) is 0 Å². The maximum absolute atomic E-state index is 12.6. The molecule has 4 nitrogen and oxygen atoms in total. The van der Waals surface area contributed by atoms with Crippen molar-refractivity contribution in [3.63, 3.8) is 0 Å². The largest absolute Gasteiger partial charge is 0.384 e. The van der Waals surface area contributed by atoms with Gasteiger partial charge in [0.05, 0.1) is 11.9 Å². The van der Waals surface area contributed by atoms with E-state index in [1.165, 1.54) is 12.8 Å². The molecular formula is C20H27N3O. The Morgan fingerprint density at radius 1 is 1.08 bits per heavy atom. The van der Waals surface area contributed by atoms with Crippen molar-refractivity contribution in [2.24, 2.45) is 0 Å². The Kier molecular flexibility index (Phi) is 7.27. The fourth-order valence-electron chi connectivity index (χ4n) is 2.53. The number of nitrogens with one attached hydrogen (secondary N) is 1. The van der Waals surface area contributed by atoms with Crippen LogP contribution in [-0.4, -0.2) is 28.9 Å². The van der Waals surface area contributed by atoms with Crippen LogP contribution >= 0.6 is 0 Å². The second-order valence-electron chi connectivity index (χ2n) is 5.87. The average Bonchev–Trinajstić information content (AvgIpc) is 2.64. The zero-order valence-electron chi connectivity index (χ0n) is 14.7. The third-order valence-corrected chi connectivity index (χ3v) is 3.98. The molecule has 0 unspecified atom stereocenters. The molecule has 128 valence electrons. The molecule has 0 saturated carbocycles. The first-order valence-corrected chi connectivity index (χ1v) is 8.77. The predicted octanol–water partition coefficient (Wildman–Crippen LogP) is 4.35. The van der Waals surface area contributed by atoms with E-state index in [0.29, 0.717) is 18.8 Å². The van der Waals surface area contributed by atoms with Crippen molar-refractivity contribution in [1.82, 2.24) is 9.88 Å². The Morgan fingerprint density at radius 3 is 2.50 bits per heavy atom. The Hall–Kier alpha value is -2.36. The third kappa shape index (κ3) is 5.37. The van der Waals surface area contributed by atoms with Gasteiger partial charge in [0.25, 0.3) is 5.91 Å². The quantitative estimate of drug-likeness (QED) is 0.697. The highest BCUT2D eigenvalue weighted by molar-refractivity contribution is 5.92. The van der Waals surface area contributed by atoms with Crippen LogP contribution in [0.15, 0.2) is 48.7 Å². The molecule has 24 heavy (non-hydrogen) atoms. The zero-order chi connectivity index (χ0) is 17.2. The Labute approximate surface area is 144 Å². The van der Waals surface area contributed by atoms with Gasteiger partial charge in [-0.15, -0.1) is 0 Å². The highest BCUT2D eigenvalue weighted by atomic mass is 16.2. The van der Waals surface area contributed by atoms with E-state index in [1.807, 2.05) is 48.2 Å². The first-order valence-electron chi connectivity index (χ1n) is 8.77. The van der Waals surface area contributed by atoms with Gasteiger partial charge in [0.2, 0.25) is 0 Å². The number of pyridine rings is 1. The number of hydrogen-bond donors (Lipinski definition) is 1. The monoisotopic (exact) mass is 325 g/mol. The van der Waals surface area contributed by atoms with E-state index in [4.69, 9.17) is 0 Å². The molecule has 2 aromatic rings. The van der Waals surface area contributed by atoms with Gasteiger partial charge in [0.1, 0.15) is 5.69 Å². The molecular weight excluding hydrogens is 298 g/mol. The summed E-state index contributed by atoms with van der Waals surface area (Å²) in [4.78, 5) is 18.8. The summed E-state index contributed by atoms with van der Waals surface area (Å²) in [6, 6.07) is 13.8.